The van der Waals surface area contributed by atoms with E-state index < -0.39 is 21.6 Å². The minimum atomic E-state index is -2.91. The number of benzene rings is 2. The van der Waals surface area contributed by atoms with Crippen LogP contribution < -0.4 is 10.6 Å². The van der Waals surface area contributed by atoms with Crippen LogP contribution >= 0.6 is 0 Å². The van der Waals surface area contributed by atoms with Gasteiger partial charge in [0.25, 0.3) is 5.91 Å². The molecule has 2 aromatic rings. The molecule has 10 heteroatoms. The molecule has 2 aliphatic rings. The maximum Gasteiger partial charge on any atom is 0.257 e. The van der Waals surface area contributed by atoms with Crippen molar-refractivity contribution in [2.45, 2.75) is 12.5 Å². The van der Waals surface area contributed by atoms with Gasteiger partial charge in [-0.15, -0.1) is 0 Å². The third-order valence-electron chi connectivity index (χ3n) is 6.05. The summed E-state index contributed by atoms with van der Waals surface area (Å²) in [5.41, 5.74) is 1.16. The number of carbonyl (C=O) groups is 2. The molecule has 2 fully saturated rings. The summed E-state index contributed by atoms with van der Waals surface area (Å²) in [5, 5.41) is 5.52. The Bertz CT molecular complexity index is 1120. The predicted octanol–water partition coefficient (Wildman–Crippen LogP) is 1.82. The number of nitrogens with zero attached hydrogens (tertiary/aromatic N) is 2. The fourth-order valence-electron chi connectivity index (χ4n) is 4.26. The van der Waals surface area contributed by atoms with E-state index in [2.05, 4.69) is 15.5 Å². The lowest BCUT2D eigenvalue weighted by atomic mass is 10.1. The first-order valence-electron chi connectivity index (χ1n) is 10.9. The zero-order valence-corrected chi connectivity index (χ0v) is 19.0. The molecule has 2 heterocycles. The summed E-state index contributed by atoms with van der Waals surface area (Å²) in [6.45, 7) is 2.99. The van der Waals surface area contributed by atoms with Crippen molar-refractivity contribution in [1.82, 2.24) is 9.80 Å². The predicted molar refractivity (Wildman–Crippen MR) is 124 cm³/mol. The van der Waals surface area contributed by atoms with Gasteiger partial charge >= 0.3 is 0 Å². The highest BCUT2D eigenvalue weighted by Crippen LogP contribution is 2.20. The first-order chi connectivity index (χ1) is 15.8. The summed E-state index contributed by atoms with van der Waals surface area (Å²) < 4.78 is 36.5. The molecule has 0 bridgehead atoms. The van der Waals surface area contributed by atoms with Gasteiger partial charge in [-0.1, -0.05) is 12.1 Å². The summed E-state index contributed by atoms with van der Waals surface area (Å²) in [5.74, 6) is -0.542. The largest absolute Gasteiger partial charge is 0.324 e. The molecular formula is C23H27FN4O4S. The van der Waals surface area contributed by atoms with Gasteiger partial charge in [0, 0.05) is 37.9 Å². The first-order valence-corrected chi connectivity index (χ1v) is 12.7. The van der Waals surface area contributed by atoms with Gasteiger partial charge in [-0.3, -0.25) is 19.4 Å². The third-order valence-corrected chi connectivity index (χ3v) is 7.80. The number of para-hydroxylation sites is 1. The molecule has 0 aromatic heterocycles. The van der Waals surface area contributed by atoms with E-state index in [0.717, 1.165) is 13.1 Å². The Morgan fingerprint density at radius 1 is 0.970 bits per heavy atom. The first kappa shape index (κ1) is 23.3. The number of hydrogen-bond acceptors (Lipinski definition) is 6. The molecule has 0 unspecified atom stereocenters. The number of carbonyl (C=O) groups excluding carboxylic acids is 2. The highest BCUT2D eigenvalue weighted by molar-refractivity contribution is 7.91. The number of anilines is 2. The maximum atomic E-state index is 13.1. The lowest BCUT2D eigenvalue weighted by Crippen LogP contribution is -2.52. The number of piperazine rings is 1. The minimum Gasteiger partial charge on any atom is -0.324 e. The van der Waals surface area contributed by atoms with Gasteiger partial charge in [-0.25, -0.2) is 12.8 Å². The Morgan fingerprint density at radius 3 is 2.33 bits per heavy atom. The average Bonchev–Trinajstić information content (AvgIpc) is 3.16. The van der Waals surface area contributed by atoms with E-state index in [1.165, 1.54) is 24.3 Å². The van der Waals surface area contributed by atoms with Gasteiger partial charge in [0.2, 0.25) is 5.91 Å². The Labute approximate surface area is 192 Å². The molecule has 4 rings (SSSR count). The molecule has 2 saturated heterocycles. The van der Waals surface area contributed by atoms with Crippen molar-refractivity contribution in [1.29, 1.82) is 0 Å². The highest BCUT2D eigenvalue weighted by atomic mass is 32.2. The van der Waals surface area contributed by atoms with Crippen molar-refractivity contribution in [3.05, 3.63) is 59.9 Å². The molecule has 33 heavy (non-hydrogen) atoms. The fraction of sp³-hybridized carbons (Fsp3) is 0.391. The second kappa shape index (κ2) is 9.98. The van der Waals surface area contributed by atoms with Crippen molar-refractivity contribution >= 4 is 33.0 Å². The minimum absolute atomic E-state index is 0.0810. The molecule has 0 radical (unpaired) electrons. The van der Waals surface area contributed by atoms with Crippen molar-refractivity contribution < 1.29 is 22.4 Å². The van der Waals surface area contributed by atoms with Crippen LogP contribution in [0.5, 0.6) is 0 Å². The standard InChI is InChI=1S/C23H27FN4O4S/c24-17-5-7-18(8-6-17)25-23(30)20-3-1-2-4-21(20)26-22(29)15-27-10-12-28(13-11-27)19-9-14-33(31,32)16-19/h1-8,19H,9-16H2,(H,25,30)(H,26,29)/t19-/m0/s1. The lowest BCUT2D eigenvalue weighted by Gasteiger charge is -2.37. The Balaban J connectivity index is 1.30. The molecule has 2 aliphatic heterocycles. The van der Waals surface area contributed by atoms with E-state index in [9.17, 15) is 22.4 Å². The van der Waals surface area contributed by atoms with Gasteiger partial charge in [0.1, 0.15) is 5.82 Å². The highest BCUT2D eigenvalue weighted by Gasteiger charge is 2.33. The topological polar surface area (TPSA) is 98.8 Å². The van der Waals surface area contributed by atoms with Crippen LogP contribution in [0.25, 0.3) is 0 Å². The number of nitrogens with one attached hydrogen (secondary N) is 2. The number of halogens is 1. The Kier molecular flexibility index (Phi) is 7.06. The van der Waals surface area contributed by atoms with Crippen LogP contribution in [0, 0.1) is 5.82 Å². The van der Waals surface area contributed by atoms with Gasteiger partial charge in [0.05, 0.1) is 29.3 Å². The summed E-state index contributed by atoms with van der Waals surface area (Å²) >= 11 is 0. The number of sulfone groups is 1. The fourth-order valence-corrected chi connectivity index (χ4v) is 6.03. The van der Waals surface area contributed by atoms with E-state index >= 15 is 0 Å². The zero-order chi connectivity index (χ0) is 23.4. The van der Waals surface area contributed by atoms with Gasteiger partial charge in [-0.05, 0) is 42.8 Å². The van der Waals surface area contributed by atoms with Crippen molar-refractivity contribution in [2.75, 3.05) is 54.9 Å². The third kappa shape index (κ3) is 6.16. The lowest BCUT2D eigenvalue weighted by molar-refractivity contribution is -0.117. The molecule has 0 spiro atoms. The van der Waals surface area contributed by atoms with Crippen LogP contribution in [0.3, 0.4) is 0 Å². The monoisotopic (exact) mass is 474 g/mol. The van der Waals surface area contributed by atoms with Crippen LogP contribution in [0.1, 0.15) is 16.8 Å². The van der Waals surface area contributed by atoms with E-state index in [4.69, 9.17) is 0 Å². The van der Waals surface area contributed by atoms with Crippen LogP contribution in [-0.4, -0.2) is 80.3 Å². The van der Waals surface area contributed by atoms with Crippen LogP contribution in [0.2, 0.25) is 0 Å². The SMILES string of the molecule is O=C(CN1CCN([C@H]2CCS(=O)(=O)C2)CC1)Nc1ccccc1C(=O)Nc1ccc(F)cc1. The molecule has 2 aromatic carbocycles. The van der Waals surface area contributed by atoms with Crippen molar-refractivity contribution in [2.24, 2.45) is 0 Å². The summed E-state index contributed by atoms with van der Waals surface area (Å²) in [7, 11) is -2.91. The maximum absolute atomic E-state index is 13.1. The molecule has 8 nitrogen and oxygen atoms in total. The van der Waals surface area contributed by atoms with E-state index in [1.54, 1.807) is 24.3 Å². The second-order valence-electron chi connectivity index (χ2n) is 8.42. The van der Waals surface area contributed by atoms with Gasteiger partial charge < -0.3 is 10.6 Å². The number of rotatable bonds is 6. The van der Waals surface area contributed by atoms with Crippen LogP contribution in [0.15, 0.2) is 48.5 Å². The van der Waals surface area contributed by atoms with Crippen LogP contribution in [-0.2, 0) is 14.6 Å². The molecule has 0 saturated carbocycles. The van der Waals surface area contributed by atoms with Gasteiger partial charge in [0.15, 0.2) is 9.84 Å². The Morgan fingerprint density at radius 2 is 1.67 bits per heavy atom. The van der Waals surface area contributed by atoms with Crippen LogP contribution in [0.4, 0.5) is 15.8 Å². The van der Waals surface area contributed by atoms with Gasteiger partial charge in [-0.2, -0.15) is 0 Å². The molecule has 0 aliphatic carbocycles. The number of amides is 2. The van der Waals surface area contributed by atoms with Crippen molar-refractivity contribution in [3.63, 3.8) is 0 Å². The average molecular weight is 475 g/mol. The smallest absolute Gasteiger partial charge is 0.257 e. The normalized spacial score (nSPS) is 20.9. The quantitative estimate of drug-likeness (QED) is 0.663. The van der Waals surface area contributed by atoms with E-state index in [-0.39, 0.29) is 30.0 Å². The Hall–Kier alpha value is -2.82. The molecule has 2 amide bonds. The summed E-state index contributed by atoms with van der Waals surface area (Å²) in [6.07, 6.45) is 0.680. The number of hydrogen-bond donors (Lipinski definition) is 2. The zero-order valence-electron chi connectivity index (χ0n) is 18.2. The molecule has 1 atom stereocenters. The van der Waals surface area contributed by atoms with Crippen molar-refractivity contribution in [3.8, 4) is 0 Å². The molecule has 176 valence electrons. The van der Waals surface area contributed by atoms with E-state index in [1.807, 2.05) is 4.90 Å². The molecule has 2 N–H and O–H groups in total. The summed E-state index contributed by atoms with van der Waals surface area (Å²) in [4.78, 5) is 29.6. The second-order valence-corrected chi connectivity index (χ2v) is 10.7. The van der Waals surface area contributed by atoms with E-state index in [0.29, 0.717) is 36.4 Å². The molecular weight excluding hydrogens is 447 g/mol. The summed E-state index contributed by atoms with van der Waals surface area (Å²) in [6, 6.07) is 12.3.